The van der Waals surface area contributed by atoms with Crippen LogP contribution >= 0.6 is 27.5 Å². The Hall–Kier alpha value is -0.840. The fourth-order valence-corrected chi connectivity index (χ4v) is 2.55. The van der Waals surface area contributed by atoms with Crippen LogP contribution in [0, 0.1) is 0 Å². The van der Waals surface area contributed by atoms with Crippen LogP contribution in [0.4, 0.5) is 0 Å². The molecule has 2 aromatic heterocycles. The quantitative estimate of drug-likeness (QED) is 0.901. The molecule has 0 bridgehead atoms. The van der Waals surface area contributed by atoms with Crippen molar-refractivity contribution in [1.82, 2.24) is 10.3 Å². The Balaban J connectivity index is 2.19. The number of likely N-dealkylation sites (N-methyl/N-ethyl adjacent to an activating group) is 1. The molecule has 0 saturated carbocycles. The predicted octanol–water partition coefficient (Wildman–Crippen LogP) is 3.98. The summed E-state index contributed by atoms with van der Waals surface area (Å²) in [6.45, 7) is 2.94. The fraction of sp³-hybridized carbons (Fsp3) is 0.308. The average molecular weight is 330 g/mol. The van der Waals surface area contributed by atoms with Gasteiger partial charge in [-0.2, -0.15) is 0 Å². The highest BCUT2D eigenvalue weighted by molar-refractivity contribution is 9.10. The second-order valence-electron chi connectivity index (χ2n) is 3.98. The lowest BCUT2D eigenvalue weighted by Gasteiger charge is -2.16. The molecule has 1 N–H and O–H groups in total. The standard InChI is InChI=1S/C13H14BrClN2O/c1-2-17-12(11-3-4-18-13(11)15)6-9-5-10(14)8-16-7-9/h3-5,7-8,12,17H,2,6H2,1H3. The highest BCUT2D eigenvalue weighted by Gasteiger charge is 2.16. The second kappa shape index (κ2) is 6.36. The molecule has 2 heterocycles. The zero-order valence-electron chi connectivity index (χ0n) is 9.99. The van der Waals surface area contributed by atoms with Crippen molar-refractivity contribution in [2.75, 3.05) is 6.54 Å². The van der Waals surface area contributed by atoms with E-state index in [1.54, 1.807) is 12.5 Å². The van der Waals surface area contributed by atoms with Gasteiger partial charge in [-0.25, -0.2) is 0 Å². The minimum atomic E-state index is 0.136. The van der Waals surface area contributed by atoms with Gasteiger partial charge in [0.15, 0.2) is 5.22 Å². The lowest BCUT2D eigenvalue weighted by atomic mass is 10.0. The first-order valence-electron chi connectivity index (χ1n) is 5.76. The Bertz CT molecular complexity index is 515. The average Bonchev–Trinajstić information content (AvgIpc) is 2.75. The first kappa shape index (κ1) is 13.6. The summed E-state index contributed by atoms with van der Waals surface area (Å²) in [4.78, 5) is 4.17. The highest BCUT2D eigenvalue weighted by atomic mass is 79.9. The molecule has 0 aliphatic carbocycles. The molecule has 0 aromatic carbocycles. The van der Waals surface area contributed by atoms with Gasteiger partial charge in [-0.3, -0.25) is 4.98 Å². The van der Waals surface area contributed by atoms with E-state index in [1.807, 2.05) is 12.3 Å². The Morgan fingerprint density at radius 2 is 2.33 bits per heavy atom. The molecule has 0 amide bonds. The van der Waals surface area contributed by atoms with Crippen LogP contribution in [0.2, 0.25) is 5.22 Å². The third kappa shape index (κ3) is 3.34. The van der Waals surface area contributed by atoms with Crippen LogP contribution in [0.15, 0.2) is 39.7 Å². The lowest BCUT2D eigenvalue weighted by molar-refractivity contribution is 0.526. The maximum absolute atomic E-state index is 6.04. The van der Waals surface area contributed by atoms with E-state index in [0.717, 1.165) is 28.6 Å². The van der Waals surface area contributed by atoms with E-state index in [4.69, 9.17) is 16.0 Å². The Labute approximate surface area is 120 Å². The van der Waals surface area contributed by atoms with Gasteiger partial charge in [0.2, 0.25) is 0 Å². The number of halogens is 2. The van der Waals surface area contributed by atoms with E-state index in [0.29, 0.717) is 5.22 Å². The number of rotatable bonds is 5. The van der Waals surface area contributed by atoms with Crippen LogP contribution in [0.25, 0.3) is 0 Å². The summed E-state index contributed by atoms with van der Waals surface area (Å²) in [5.74, 6) is 0. The summed E-state index contributed by atoms with van der Waals surface area (Å²) in [6.07, 6.45) is 6.07. The Morgan fingerprint density at radius 3 is 2.94 bits per heavy atom. The first-order chi connectivity index (χ1) is 8.70. The monoisotopic (exact) mass is 328 g/mol. The van der Waals surface area contributed by atoms with Crippen LogP contribution in [0.1, 0.15) is 24.1 Å². The molecule has 2 aromatic rings. The molecule has 0 radical (unpaired) electrons. The van der Waals surface area contributed by atoms with Crippen LogP contribution in [0.5, 0.6) is 0 Å². The number of aromatic nitrogens is 1. The summed E-state index contributed by atoms with van der Waals surface area (Å²) in [5, 5.41) is 3.85. The summed E-state index contributed by atoms with van der Waals surface area (Å²) in [5.41, 5.74) is 2.13. The van der Waals surface area contributed by atoms with E-state index in [-0.39, 0.29) is 6.04 Å². The van der Waals surface area contributed by atoms with Gasteiger partial charge >= 0.3 is 0 Å². The van der Waals surface area contributed by atoms with Gasteiger partial charge in [0.1, 0.15) is 0 Å². The van der Waals surface area contributed by atoms with Crippen molar-refractivity contribution in [1.29, 1.82) is 0 Å². The zero-order valence-corrected chi connectivity index (χ0v) is 12.3. The van der Waals surface area contributed by atoms with E-state index < -0.39 is 0 Å². The molecule has 5 heteroatoms. The normalized spacial score (nSPS) is 12.6. The van der Waals surface area contributed by atoms with E-state index in [9.17, 15) is 0 Å². The minimum absolute atomic E-state index is 0.136. The van der Waals surface area contributed by atoms with Crippen LogP contribution in [0.3, 0.4) is 0 Å². The summed E-state index contributed by atoms with van der Waals surface area (Å²) in [6, 6.07) is 4.10. The van der Waals surface area contributed by atoms with Gasteiger partial charge in [0.05, 0.1) is 6.26 Å². The van der Waals surface area contributed by atoms with Gasteiger partial charge in [-0.15, -0.1) is 0 Å². The van der Waals surface area contributed by atoms with Crippen molar-refractivity contribution < 1.29 is 4.42 Å². The maximum atomic E-state index is 6.04. The molecule has 0 fully saturated rings. The van der Waals surface area contributed by atoms with E-state index in [2.05, 4.69) is 39.2 Å². The van der Waals surface area contributed by atoms with Crippen molar-refractivity contribution >= 4 is 27.5 Å². The van der Waals surface area contributed by atoms with E-state index >= 15 is 0 Å². The van der Waals surface area contributed by atoms with Crippen LogP contribution in [-0.4, -0.2) is 11.5 Å². The number of hydrogen-bond acceptors (Lipinski definition) is 3. The van der Waals surface area contributed by atoms with Crippen molar-refractivity contribution in [3.63, 3.8) is 0 Å². The van der Waals surface area contributed by atoms with Gasteiger partial charge in [-0.1, -0.05) is 6.92 Å². The van der Waals surface area contributed by atoms with Gasteiger partial charge in [-0.05, 0) is 58.2 Å². The summed E-state index contributed by atoms with van der Waals surface area (Å²) in [7, 11) is 0. The van der Waals surface area contributed by atoms with Gasteiger partial charge < -0.3 is 9.73 Å². The van der Waals surface area contributed by atoms with Crippen molar-refractivity contribution in [2.45, 2.75) is 19.4 Å². The minimum Gasteiger partial charge on any atom is -0.453 e. The molecule has 0 aliphatic heterocycles. The Kier molecular flexibility index (Phi) is 4.80. The van der Waals surface area contributed by atoms with Gasteiger partial charge in [0.25, 0.3) is 0 Å². The SMILES string of the molecule is CCNC(Cc1cncc(Br)c1)c1ccoc1Cl. The number of nitrogens with one attached hydrogen (secondary N) is 1. The highest BCUT2D eigenvalue weighted by Crippen LogP contribution is 2.27. The summed E-state index contributed by atoms with van der Waals surface area (Å²) < 4.78 is 6.13. The Morgan fingerprint density at radius 1 is 1.50 bits per heavy atom. The number of nitrogens with zero attached hydrogens (tertiary/aromatic N) is 1. The molecular weight excluding hydrogens is 316 g/mol. The molecule has 18 heavy (non-hydrogen) atoms. The molecule has 3 nitrogen and oxygen atoms in total. The van der Waals surface area contributed by atoms with Crippen molar-refractivity contribution in [3.8, 4) is 0 Å². The third-order valence-electron chi connectivity index (χ3n) is 2.67. The molecule has 0 aliphatic rings. The first-order valence-corrected chi connectivity index (χ1v) is 6.93. The number of furan rings is 1. The molecule has 96 valence electrons. The predicted molar refractivity (Wildman–Crippen MR) is 75.8 cm³/mol. The van der Waals surface area contributed by atoms with Crippen molar-refractivity contribution in [2.24, 2.45) is 0 Å². The van der Waals surface area contributed by atoms with Crippen molar-refractivity contribution in [3.05, 3.63) is 51.6 Å². The molecule has 2 rings (SSSR count). The second-order valence-corrected chi connectivity index (χ2v) is 5.23. The molecular formula is C13H14BrClN2O. The van der Waals surface area contributed by atoms with Crippen LogP contribution < -0.4 is 5.32 Å². The molecule has 1 atom stereocenters. The lowest BCUT2D eigenvalue weighted by Crippen LogP contribution is -2.22. The molecule has 0 saturated heterocycles. The van der Waals surface area contributed by atoms with E-state index in [1.165, 1.54) is 0 Å². The fourth-order valence-electron chi connectivity index (χ4n) is 1.90. The molecule has 0 spiro atoms. The third-order valence-corrected chi connectivity index (χ3v) is 3.41. The largest absolute Gasteiger partial charge is 0.453 e. The zero-order chi connectivity index (χ0) is 13.0. The smallest absolute Gasteiger partial charge is 0.197 e. The van der Waals surface area contributed by atoms with Crippen LogP contribution in [-0.2, 0) is 6.42 Å². The number of hydrogen-bond donors (Lipinski definition) is 1. The summed E-state index contributed by atoms with van der Waals surface area (Å²) >= 11 is 9.46. The maximum Gasteiger partial charge on any atom is 0.197 e. The van der Waals surface area contributed by atoms with Gasteiger partial charge in [0, 0.05) is 28.5 Å². The molecule has 1 unspecified atom stereocenters. The topological polar surface area (TPSA) is 38.1 Å². The number of pyridine rings is 1.